The number of amides is 1. The van der Waals surface area contributed by atoms with E-state index in [1.165, 1.54) is 0 Å². The Morgan fingerprint density at radius 1 is 1.17 bits per heavy atom. The lowest BCUT2D eigenvalue weighted by Gasteiger charge is -2.08. The molecule has 0 aliphatic heterocycles. The van der Waals surface area contributed by atoms with Gasteiger partial charge in [-0.25, -0.2) is 0 Å². The van der Waals surface area contributed by atoms with Crippen LogP contribution in [0.2, 0.25) is 0 Å². The van der Waals surface area contributed by atoms with E-state index >= 15 is 0 Å². The maximum atomic E-state index is 11.0. The molecule has 0 aliphatic rings. The molecule has 0 atom stereocenters. The summed E-state index contributed by atoms with van der Waals surface area (Å²) in [6.07, 6.45) is 0. The first-order valence-corrected chi connectivity index (χ1v) is 6.96. The van der Waals surface area contributed by atoms with E-state index in [2.05, 4.69) is 38.5 Å². The van der Waals surface area contributed by atoms with Crippen molar-refractivity contribution in [3.8, 4) is 11.5 Å². The molecule has 0 aromatic heterocycles. The topological polar surface area (TPSA) is 52.3 Å². The van der Waals surface area contributed by atoms with Crippen molar-refractivity contribution in [2.75, 3.05) is 0 Å². The predicted molar refractivity (Wildman–Crippen MR) is 81.9 cm³/mol. The summed E-state index contributed by atoms with van der Waals surface area (Å²) in [5, 5.41) is 0. The molecule has 2 aromatic rings. The van der Waals surface area contributed by atoms with Crippen LogP contribution in [0.5, 0.6) is 11.5 Å². The molecule has 0 fully saturated rings. The van der Waals surface area contributed by atoms with Crippen molar-refractivity contribution in [2.24, 2.45) is 5.73 Å². The van der Waals surface area contributed by atoms with E-state index in [9.17, 15) is 4.79 Å². The lowest BCUT2D eigenvalue weighted by Crippen LogP contribution is -2.10. The van der Waals surface area contributed by atoms with Crippen molar-refractivity contribution in [1.29, 1.82) is 0 Å². The van der Waals surface area contributed by atoms with Crippen molar-refractivity contribution in [3.05, 3.63) is 56.1 Å². The monoisotopic (exact) mass is 417 g/mol. The molecule has 0 saturated carbocycles. The molecule has 0 unspecified atom stereocenters. The van der Waals surface area contributed by atoms with E-state index in [1.807, 2.05) is 24.3 Å². The normalized spacial score (nSPS) is 10.1. The Bertz CT molecular complexity index is 584. The van der Waals surface area contributed by atoms with Gasteiger partial charge in [-0.2, -0.15) is 0 Å². The maximum absolute atomic E-state index is 11.0. The zero-order chi connectivity index (χ0) is 13.1. The standard InChI is InChI=1S/C13H9BrINO2/c14-11-7-8(13(16)17)1-6-12(11)18-10-4-2-9(15)3-5-10/h1-7H,(H2,16,17). The van der Waals surface area contributed by atoms with Gasteiger partial charge in [0.05, 0.1) is 4.47 Å². The molecule has 18 heavy (non-hydrogen) atoms. The second-order valence-electron chi connectivity index (χ2n) is 3.57. The molecule has 3 nitrogen and oxygen atoms in total. The zero-order valence-electron chi connectivity index (χ0n) is 9.19. The van der Waals surface area contributed by atoms with Crippen LogP contribution in [0.15, 0.2) is 46.9 Å². The van der Waals surface area contributed by atoms with E-state index in [1.54, 1.807) is 18.2 Å². The van der Waals surface area contributed by atoms with Gasteiger partial charge in [0.1, 0.15) is 11.5 Å². The fourth-order valence-corrected chi connectivity index (χ4v) is 2.19. The van der Waals surface area contributed by atoms with Crippen LogP contribution in [0.3, 0.4) is 0 Å². The van der Waals surface area contributed by atoms with Crippen molar-refractivity contribution in [2.45, 2.75) is 0 Å². The molecule has 0 spiro atoms. The highest BCUT2D eigenvalue weighted by Crippen LogP contribution is 2.30. The van der Waals surface area contributed by atoms with E-state index in [0.717, 1.165) is 9.32 Å². The summed E-state index contributed by atoms with van der Waals surface area (Å²) < 4.78 is 7.53. The van der Waals surface area contributed by atoms with Gasteiger partial charge in [0.15, 0.2) is 0 Å². The summed E-state index contributed by atoms with van der Waals surface area (Å²) in [7, 11) is 0. The SMILES string of the molecule is NC(=O)c1ccc(Oc2ccc(I)cc2)c(Br)c1. The zero-order valence-corrected chi connectivity index (χ0v) is 12.9. The van der Waals surface area contributed by atoms with Gasteiger partial charge in [0.2, 0.25) is 5.91 Å². The Hall–Kier alpha value is -1.08. The number of benzene rings is 2. The number of halogens is 2. The summed E-state index contributed by atoms with van der Waals surface area (Å²) in [6, 6.07) is 12.7. The number of rotatable bonds is 3. The van der Waals surface area contributed by atoms with Gasteiger partial charge in [-0.1, -0.05) is 0 Å². The number of carbonyl (C=O) groups is 1. The summed E-state index contributed by atoms with van der Waals surface area (Å²) >= 11 is 5.58. The predicted octanol–water partition coefficient (Wildman–Crippen LogP) is 3.94. The lowest BCUT2D eigenvalue weighted by molar-refractivity contribution is 0.1000. The molecule has 0 radical (unpaired) electrons. The first kappa shape index (κ1) is 13.4. The summed E-state index contributed by atoms with van der Waals surface area (Å²) in [5.41, 5.74) is 5.64. The number of hydrogen-bond acceptors (Lipinski definition) is 2. The van der Waals surface area contributed by atoms with Gasteiger partial charge in [0.25, 0.3) is 0 Å². The van der Waals surface area contributed by atoms with Crippen molar-refractivity contribution in [1.82, 2.24) is 0 Å². The quantitative estimate of drug-likeness (QED) is 0.769. The third kappa shape index (κ3) is 3.23. The second kappa shape index (κ2) is 5.71. The number of primary amides is 1. The van der Waals surface area contributed by atoms with Gasteiger partial charge < -0.3 is 10.5 Å². The van der Waals surface area contributed by atoms with Crippen LogP contribution in [0.25, 0.3) is 0 Å². The summed E-state index contributed by atoms with van der Waals surface area (Å²) in [6.45, 7) is 0. The largest absolute Gasteiger partial charge is 0.456 e. The van der Waals surface area contributed by atoms with Gasteiger partial charge in [-0.3, -0.25) is 4.79 Å². The minimum atomic E-state index is -0.462. The summed E-state index contributed by atoms with van der Waals surface area (Å²) in [5.74, 6) is 0.917. The maximum Gasteiger partial charge on any atom is 0.248 e. The second-order valence-corrected chi connectivity index (χ2v) is 5.67. The molecule has 0 aliphatic carbocycles. The van der Waals surface area contributed by atoms with Crippen LogP contribution in [0.1, 0.15) is 10.4 Å². The number of hydrogen-bond donors (Lipinski definition) is 1. The minimum absolute atomic E-state index is 0.442. The Morgan fingerprint density at radius 3 is 2.39 bits per heavy atom. The Kier molecular flexibility index (Phi) is 4.23. The third-order valence-electron chi connectivity index (χ3n) is 2.26. The molecule has 2 aromatic carbocycles. The first-order valence-electron chi connectivity index (χ1n) is 5.09. The van der Waals surface area contributed by atoms with E-state index in [0.29, 0.717) is 15.8 Å². The van der Waals surface area contributed by atoms with E-state index < -0.39 is 5.91 Å². The van der Waals surface area contributed by atoms with Crippen LogP contribution in [-0.2, 0) is 0 Å². The molecule has 0 saturated heterocycles. The average Bonchev–Trinajstić information content (AvgIpc) is 2.34. The van der Waals surface area contributed by atoms with E-state index in [-0.39, 0.29) is 0 Å². The minimum Gasteiger partial charge on any atom is -0.456 e. The van der Waals surface area contributed by atoms with Crippen LogP contribution >= 0.6 is 38.5 Å². The van der Waals surface area contributed by atoms with E-state index in [4.69, 9.17) is 10.5 Å². The molecule has 2 N–H and O–H groups in total. The molecule has 2 rings (SSSR count). The highest BCUT2D eigenvalue weighted by Gasteiger charge is 2.07. The molecule has 0 heterocycles. The number of carbonyl (C=O) groups excluding carboxylic acids is 1. The van der Waals surface area contributed by atoms with Crippen LogP contribution in [-0.4, -0.2) is 5.91 Å². The molecule has 1 amide bonds. The van der Waals surface area contributed by atoms with Gasteiger partial charge in [-0.05, 0) is 81.0 Å². The lowest BCUT2D eigenvalue weighted by atomic mass is 10.2. The van der Waals surface area contributed by atoms with Crippen LogP contribution in [0.4, 0.5) is 0 Å². The van der Waals surface area contributed by atoms with Crippen molar-refractivity contribution >= 4 is 44.4 Å². The number of nitrogens with two attached hydrogens (primary N) is 1. The third-order valence-corrected chi connectivity index (χ3v) is 3.60. The van der Waals surface area contributed by atoms with Gasteiger partial charge in [0, 0.05) is 9.13 Å². The van der Waals surface area contributed by atoms with Crippen molar-refractivity contribution in [3.63, 3.8) is 0 Å². The van der Waals surface area contributed by atoms with Gasteiger partial charge in [-0.15, -0.1) is 0 Å². The van der Waals surface area contributed by atoms with Crippen molar-refractivity contribution < 1.29 is 9.53 Å². The molecule has 0 bridgehead atoms. The first-order chi connectivity index (χ1) is 8.56. The summed E-state index contributed by atoms with van der Waals surface area (Å²) in [4.78, 5) is 11.0. The van der Waals surface area contributed by atoms with Crippen LogP contribution < -0.4 is 10.5 Å². The Balaban J connectivity index is 2.24. The average molecular weight is 418 g/mol. The smallest absolute Gasteiger partial charge is 0.248 e. The fourth-order valence-electron chi connectivity index (χ4n) is 1.37. The Labute approximate surface area is 127 Å². The van der Waals surface area contributed by atoms with Gasteiger partial charge >= 0.3 is 0 Å². The number of ether oxygens (including phenoxy) is 1. The molecular formula is C13H9BrINO2. The molecule has 92 valence electrons. The fraction of sp³-hybridized carbons (Fsp3) is 0. The molecular weight excluding hydrogens is 409 g/mol. The Morgan fingerprint density at radius 2 is 1.83 bits per heavy atom. The highest BCUT2D eigenvalue weighted by atomic mass is 127. The van der Waals surface area contributed by atoms with Crippen LogP contribution in [0, 0.1) is 3.57 Å². The molecule has 5 heteroatoms. The highest BCUT2D eigenvalue weighted by molar-refractivity contribution is 14.1.